The predicted molar refractivity (Wildman–Crippen MR) is 56.8 cm³/mol. The summed E-state index contributed by atoms with van der Waals surface area (Å²) in [5.74, 6) is 2.68. The SMILES string of the molecule is CC1CCC1n1c(C2CC2)n[nH]c1=S. The van der Waals surface area contributed by atoms with Crippen LogP contribution in [-0.2, 0) is 0 Å². The Morgan fingerprint density at radius 3 is 2.64 bits per heavy atom. The van der Waals surface area contributed by atoms with E-state index in [9.17, 15) is 0 Å². The molecular weight excluding hydrogens is 194 g/mol. The van der Waals surface area contributed by atoms with Gasteiger partial charge >= 0.3 is 0 Å². The molecule has 1 N–H and O–H groups in total. The first-order valence-electron chi connectivity index (χ1n) is 5.44. The molecule has 2 unspecified atom stereocenters. The van der Waals surface area contributed by atoms with E-state index in [1.807, 2.05) is 0 Å². The first-order valence-corrected chi connectivity index (χ1v) is 5.85. The summed E-state index contributed by atoms with van der Waals surface area (Å²) in [6.45, 7) is 2.31. The lowest BCUT2D eigenvalue weighted by Gasteiger charge is -2.35. The van der Waals surface area contributed by atoms with Crippen LogP contribution in [0, 0.1) is 10.7 Å². The lowest BCUT2D eigenvalue weighted by atomic mass is 9.81. The van der Waals surface area contributed by atoms with Gasteiger partial charge in [0.1, 0.15) is 5.82 Å². The zero-order valence-corrected chi connectivity index (χ0v) is 9.18. The Morgan fingerprint density at radius 1 is 1.36 bits per heavy atom. The molecular formula is C10H15N3S. The minimum absolute atomic E-state index is 0.622. The molecule has 3 rings (SSSR count). The highest BCUT2D eigenvalue weighted by atomic mass is 32.1. The largest absolute Gasteiger partial charge is 0.301 e. The number of aromatic nitrogens is 3. The van der Waals surface area contributed by atoms with Crippen molar-refractivity contribution in [1.82, 2.24) is 14.8 Å². The second-order valence-corrected chi connectivity index (χ2v) is 5.04. The molecule has 2 fully saturated rings. The summed E-state index contributed by atoms with van der Waals surface area (Å²) < 4.78 is 3.10. The third-order valence-corrected chi connectivity index (χ3v) is 3.87. The van der Waals surface area contributed by atoms with Crippen molar-refractivity contribution in [2.45, 2.75) is 44.6 Å². The average molecular weight is 209 g/mol. The van der Waals surface area contributed by atoms with E-state index in [-0.39, 0.29) is 0 Å². The highest BCUT2D eigenvalue weighted by molar-refractivity contribution is 7.71. The summed E-state index contributed by atoms with van der Waals surface area (Å²) in [5, 5.41) is 7.30. The molecule has 4 heteroatoms. The number of H-pyrrole nitrogens is 1. The summed E-state index contributed by atoms with van der Waals surface area (Å²) in [6.07, 6.45) is 5.19. The summed E-state index contributed by atoms with van der Waals surface area (Å²) in [6, 6.07) is 0.622. The van der Waals surface area contributed by atoms with Crippen molar-refractivity contribution < 1.29 is 0 Å². The van der Waals surface area contributed by atoms with Crippen LogP contribution in [0.3, 0.4) is 0 Å². The van der Waals surface area contributed by atoms with Crippen LogP contribution in [0.25, 0.3) is 0 Å². The fraction of sp³-hybridized carbons (Fsp3) is 0.800. The highest BCUT2D eigenvalue weighted by Crippen LogP contribution is 2.44. The summed E-state index contributed by atoms with van der Waals surface area (Å²) in [4.78, 5) is 0. The molecule has 2 saturated carbocycles. The molecule has 76 valence electrons. The van der Waals surface area contributed by atoms with Gasteiger partial charge in [-0.2, -0.15) is 5.10 Å². The molecule has 1 aromatic rings. The molecule has 0 saturated heterocycles. The minimum atomic E-state index is 0.622. The normalized spacial score (nSPS) is 31.5. The van der Waals surface area contributed by atoms with Gasteiger partial charge in [0.15, 0.2) is 4.77 Å². The van der Waals surface area contributed by atoms with E-state index in [4.69, 9.17) is 12.2 Å². The van der Waals surface area contributed by atoms with Crippen molar-refractivity contribution in [1.29, 1.82) is 0 Å². The fourth-order valence-corrected chi connectivity index (χ4v) is 2.57. The van der Waals surface area contributed by atoms with Gasteiger partial charge in [-0.05, 0) is 43.8 Å². The zero-order chi connectivity index (χ0) is 9.71. The standard InChI is InChI=1S/C10H15N3S/c1-6-2-5-8(6)13-9(7-3-4-7)11-12-10(13)14/h6-8H,2-5H2,1H3,(H,12,14). The summed E-state index contributed by atoms with van der Waals surface area (Å²) >= 11 is 5.29. The van der Waals surface area contributed by atoms with Crippen molar-refractivity contribution in [2.75, 3.05) is 0 Å². The van der Waals surface area contributed by atoms with Gasteiger partial charge < -0.3 is 4.57 Å². The molecule has 1 aromatic heterocycles. The fourth-order valence-electron chi connectivity index (χ4n) is 2.30. The third kappa shape index (κ3) is 1.16. The molecule has 2 aliphatic carbocycles. The van der Waals surface area contributed by atoms with Crippen LogP contribution in [0.2, 0.25) is 0 Å². The molecule has 0 aromatic carbocycles. The second kappa shape index (κ2) is 2.92. The van der Waals surface area contributed by atoms with Gasteiger partial charge in [0, 0.05) is 12.0 Å². The summed E-state index contributed by atoms with van der Waals surface area (Å²) in [7, 11) is 0. The number of aromatic amines is 1. The number of nitrogens with one attached hydrogen (secondary N) is 1. The van der Waals surface area contributed by atoms with Crippen LogP contribution in [0.5, 0.6) is 0 Å². The average Bonchev–Trinajstić information content (AvgIpc) is 2.93. The lowest BCUT2D eigenvalue weighted by Crippen LogP contribution is -2.28. The van der Waals surface area contributed by atoms with E-state index >= 15 is 0 Å². The number of hydrogen-bond donors (Lipinski definition) is 1. The van der Waals surface area contributed by atoms with Crippen molar-refractivity contribution in [3.63, 3.8) is 0 Å². The molecule has 2 atom stereocenters. The van der Waals surface area contributed by atoms with Crippen molar-refractivity contribution in [3.8, 4) is 0 Å². The van der Waals surface area contributed by atoms with E-state index in [0.29, 0.717) is 12.0 Å². The molecule has 3 nitrogen and oxygen atoms in total. The van der Waals surface area contributed by atoms with E-state index in [1.165, 1.54) is 31.5 Å². The lowest BCUT2D eigenvalue weighted by molar-refractivity contribution is 0.195. The van der Waals surface area contributed by atoms with Crippen LogP contribution in [0.4, 0.5) is 0 Å². The second-order valence-electron chi connectivity index (χ2n) is 4.65. The van der Waals surface area contributed by atoms with Gasteiger partial charge in [-0.15, -0.1) is 0 Å². The van der Waals surface area contributed by atoms with Crippen LogP contribution < -0.4 is 0 Å². The Balaban J connectivity index is 2.01. The Morgan fingerprint density at radius 2 is 2.14 bits per heavy atom. The molecule has 0 amide bonds. The van der Waals surface area contributed by atoms with E-state index in [2.05, 4.69) is 21.7 Å². The molecule has 0 aliphatic heterocycles. The summed E-state index contributed by atoms with van der Waals surface area (Å²) in [5.41, 5.74) is 0. The highest BCUT2D eigenvalue weighted by Gasteiger charge is 2.35. The predicted octanol–water partition coefficient (Wildman–Crippen LogP) is 2.79. The Bertz CT molecular complexity index is 402. The minimum Gasteiger partial charge on any atom is -0.301 e. The Hall–Kier alpha value is -0.640. The van der Waals surface area contributed by atoms with Crippen LogP contribution in [-0.4, -0.2) is 14.8 Å². The van der Waals surface area contributed by atoms with Crippen LogP contribution in [0.1, 0.15) is 50.4 Å². The molecule has 2 aliphatic rings. The maximum absolute atomic E-state index is 5.29. The Labute approximate surface area is 88.5 Å². The number of nitrogens with zero attached hydrogens (tertiary/aromatic N) is 2. The first kappa shape index (κ1) is 8.65. The molecule has 1 heterocycles. The quantitative estimate of drug-likeness (QED) is 0.760. The van der Waals surface area contributed by atoms with Gasteiger partial charge in [0.25, 0.3) is 0 Å². The van der Waals surface area contributed by atoms with Crippen LogP contribution >= 0.6 is 12.2 Å². The van der Waals surface area contributed by atoms with E-state index in [0.717, 1.165) is 10.7 Å². The molecule has 0 bridgehead atoms. The van der Waals surface area contributed by atoms with Gasteiger partial charge in [-0.3, -0.25) is 5.10 Å². The molecule has 0 radical (unpaired) electrons. The van der Waals surface area contributed by atoms with E-state index < -0.39 is 0 Å². The van der Waals surface area contributed by atoms with Gasteiger partial charge in [0.05, 0.1) is 0 Å². The maximum atomic E-state index is 5.29. The van der Waals surface area contributed by atoms with Crippen molar-refractivity contribution >= 4 is 12.2 Å². The Kier molecular flexibility index (Phi) is 1.81. The topological polar surface area (TPSA) is 33.6 Å². The van der Waals surface area contributed by atoms with Gasteiger partial charge in [-0.25, -0.2) is 0 Å². The first-order chi connectivity index (χ1) is 6.77. The monoisotopic (exact) mass is 209 g/mol. The zero-order valence-electron chi connectivity index (χ0n) is 8.36. The van der Waals surface area contributed by atoms with Gasteiger partial charge in [-0.1, -0.05) is 6.92 Å². The van der Waals surface area contributed by atoms with Crippen LogP contribution in [0.15, 0.2) is 0 Å². The van der Waals surface area contributed by atoms with Crippen molar-refractivity contribution in [2.24, 2.45) is 5.92 Å². The third-order valence-electron chi connectivity index (χ3n) is 3.58. The smallest absolute Gasteiger partial charge is 0.195 e. The molecule has 0 spiro atoms. The maximum Gasteiger partial charge on any atom is 0.195 e. The molecule has 14 heavy (non-hydrogen) atoms. The number of hydrogen-bond acceptors (Lipinski definition) is 2. The van der Waals surface area contributed by atoms with Crippen molar-refractivity contribution in [3.05, 3.63) is 10.6 Å². The van der Waals surface area contributed by atoms with Gasteiger partial charge in [0.2, 0.25) is 0 Å². The number of rotatable bonds is 2. The van der Waals surface area contributed by atoms with E-state index in [1.54, 1.807) is 0 Å².